The molecule has 0 heterocycles. The van der Waals surface area contributed by atoms with Crippen molar-refractivity contribution >= 4 is 0 Å². The van der Waals surface area contributed by atoms with Crippen LogP contribution in [-0.4, -0.2) is 12.8 Å². The van der Waals surface area contributed by atoms with Crippen molar-refractivity contribution in [1.29, 1.82) is 0 Å². The van der Waals surface area contributed by atoms with Gasteiger partial charge in [0.15, 0.2) is 46.5 Å². The summed E-state index contributed by atoms with van der Waals surface area (Å²) in [5.41, 5.74) is -4.52. The highest BCUT2D eigenvalue weighted by atomic mass is 19.4. The molecule has 0 unspecified atom stereocenters. The molecule has 0 fully saturated rings. The molecule has 2 aromatic carbocycles. The van der Waals surface area contributed by atoms with Crippen LogP contribution in [0, 0.1) is 58.2 Å². The fourth-order valence-corrected chi connectivity index (χ4v) is 2.43. The van der Waals surface area contributed by atoms with Crippen molar-refractivity contribution in [2.45, 2.75) is 38.9 Å². The third-order valence-electron chi connectivity index (χ3n) is 4.03. The molecule has 0 aliphatic rings. The summed E-state index contributed by atoms with van der Waals surface area (Å²) in [4.78, 5) is 0. The van der Waals surface area contributed by atoms with Crippen molar-refractivity contribution in [3.05, 3.63) is 58.2 Å². The summed E-state index contributed by atoms with van der Waals surface area (Å²) < 4.78 is 166. The molecule has 0 bridgehead atoms. The Hall–Kier alpha value is -2.51. The van der Waals surface area contributed by atoms with Crippen LogP contribution in [0.15, 0.2) is 0 Å². The second-order valence-corrected chi connectivity index (χ2v) is 6.38. The summed E-state index contributed by atoms with van der Waals surface area (Å²) in [6.07, 6.45) is -0.662. The zero-order chi connectivity index (χ0) is 25.7. The Bertz CT molecular complexity index is 860. The fourth-order valence-electron chi connectivity index (χ4n) is 2.43. The quantitative estimate of drug-likeness (QED) is 0.142. The largest absolute Gasteiger partial charge is 0.457 e. The maximum Gasteiger partial charge on any atom is 0.457 e. The lowest BCUT2D eigenvalue weighted by Crippen LogP contribution is -2.32. The van der Waals surface area contributed by atoms with Crippen LogP contribution in [0.2, 0.25) is 0 Å². The minimum absolute atomic E-state index is 0.0451. The lowest BCUT2D eigenvalue weighted by atomic mass is 10.0. The number of unbranched alkanes of at least 4 members (excludes halogenated alkanes) is 3. The monoisotopic (exact) mass is 503 g/mol. The number of hydrogen-bond donors (Lipinski definition) is 1. The Labute approximate surface area is 178 Å². The van der Waals surface area contributed by atoms with E-state index in [0.717, 1.165) is 19.3 Å². The lowest BCUT2D eigenvalue weighted by Gasteiger charge is -2.11. The molecular formula is C19H14F13N. The van der Waals surface area contributed by atoms with Gasteiger partial charge in [-0.15, -0.1) is 0 Å². The lowest BCUT2D eigenvalue weighted by molar-refractivity contribution is -0.156. The average Bonchev–Trinajstić information content (AvgIpc) is 2.75. The van der Waals surface area contributed by atoms with Gasteiger partial charge in [0, 0.05) is 6.54 Å². The summed E-state index contributed by atoms with van der Waals surface area (Å²) in [6.45, 7) is 2.07. The molecule has 1 nitrogen and oxygen atoms in total. The van der Waals surface area contributed by atoms with Gasteiger partial charge in [-0.25, -0.2) is 49.2 Å². The molecule has 0 aliphatic heterocycles. The molecule has 0 amide bonds. The Morgan fingerprint density at radius 2 is 0.788 bits per heavy atom. The molecule has 1 N–H and O–H groups in total. The first-order chi connectivity index (χ1) is 15.2. The topological polar surface area (TPSA) is 12.0 Å². The minimum Gasteiger partial charge on any atom is -0.228 e. The highest BCUT2D eigenvalue weighted by molar-refractivity contribution is 5.67. The smallest absolute Gasteiger partial charge is 0.228 e. The molecule has 2 rings (SSSR count). The van der Waals surface area contributed by atoms with Gasteiger partial charge < -0.3 is 0 Å². The van der Waals surface area contributed by atoms with Crippen molar-refractivity contribution in [3.8, 4) is 11.1 Å². The molecule has 0 saturated heterocycles. The third kappa shape index (κ3) is 6.74. The zero-order valence-corrected chi connectivity index (χ0v) is 16.4. The van der Waals surface area contributed by atoms with E-state index in [1.165, 1.54) is 5.32 Å². The van der Waals surface area contributed by atoms with E-state index in [2.05, 4.69) is 0 Å². The maximum absolute atomic E-state index is 13.4. The van der Waals surface area contributed by atoms with Crippen LogP contribution in [-0.2, 0) is 0 Å². The SMILES string of the molecule is CCCCCCNC(F)(F)F.Fc1c(F)c(F)c(-c2c(F)c(F)c(F)c(F)c2F)c(F)c1F. The third-order valence-corrected chi connectivity index (χ3v) is 4.03. The van der Waals surface area contributed by atoms with Crippen LogP contribution in [0.3, 0.4) is 0 Å². The van der Waals surface area contributed by atoms with Crippen LogP contribution in [0.25, 0.3) is 11.1 Å². The number of halogens is 13. The second-order valence-electron chi connectivity index (χ2n) is 6.38. The summed E-state index contributed by atoms with van der Waals surface area (Å²) in [7, 11) is 0. The molecule has 14 heteroatoms. The van der Waals surface area contributed by atoms with Gasteiger partial charge >= 0.3 is 6.30 Å². The summed E-state index contributed by atoms with van der Waals surface area (Å²) >= 11 is 0. The predicted molar refractivity (Wildman–Crippen MR) is 89.7 cm³/mol. The van der Waals surface area contributed by atoms with Gasteiger partial charge in [-0.1, -0.05) is 26.2 Å². The van der Waals surface area contributed by atoms with E-state index < -0.39 is 75.6 Å². The van der Waals surface area contributed by atoms with Crippen molar-refractivity contribution in [3.63, 3.8) is 0 Å². The summed E-state index contributed by atoms with van der Waals surface area (Å²) in [5.74, 6) is -26.6. The Kier molecular flexibility index (Phi) is 10.00. The van der Waals surface area contributed by atoms with Crippen LogP contribution in [0.1, 0.15) is 32.6 Å². The van der Waals surface area contributed by atoms with Crippen LogP contribution in [0.5, 0.6) is 0 Å². The summed E-state index contributed by atoms with van der Waals surface area (Å²) in [5, 5.41) is 1.48. The highest BCUT2D eigenvalue weighted by Crippen LogP contribution is 2.37. The van der Waals surface area contributed by atoms with Gasteiger partial charge in [0.2, 0.25) is 11.6 Å². The average molecular weight is 503 g/mol. The number of nitrogens with one attached hydrogen (secondary N) is 1. The maximum atomic E-state index is 13.4. The van der Waals surface area contributed by atoms with Gasteiger partial charge in [0.25, 0.3) is 0 Å². The van der Waals surface area contributed by atoms with Gasteiger partial charge in [0.1, 0.15) is 0 Å². The van der Waals surface area contributed by atoms with Gasteiger partial charge in [-0.3, -0.25) is 0 Å². The molecule has 33 heavy (non-hydrogen) atoms. The standard InChI is InChI=1S/C12F10.C7H14F3N/c13-3-1(4(14)8(18)11(21)7(3)17)2-5(15)9(19)12(22)10(20)6(2)16;1-2-3-4-5-6-11-7(8,9)10/h;11H,2-6H2,1H3. The first kappa shape index (κ1) is 28.5. The minimum atomic E-state index is -4.20. The van der Waals surface area contributed by atoms with Gasteiger partial charge in [-0.2, -0.15) is 13.2 Å². The molecule has 0 radical (unpaired) electrons. The summed E-state index contributed by atoms with van der Waals surface area (Å²) in [6, 6.07) is 0. The molecule has 0 aromatic heterocycles. The second kappa shape index (κ2) is 11.6. The Morgan fingerprint density at radius 1 is 0.485 bits per heavy atom. The molecule has 0 atom stereocenters. The van der Waals surface area contributed by atoms with Crippen molar-refractivity contribution in [2.24, 2.45) is 0 Å². The van der Waals surface area contributed by atoms with Crippen molar-refractivity contribution < 1.29 is 57.1 Å². The first-order valence-electron chi connectivity index (χ1n) is 9.02. The van der Waals surface area contributed by atoms with E-state index in [9.17, 15) is 57.1 Å². The molecular weight excluding hydrogens is 489 g/mol. The number of alkyl halides is 3. The van der Waals surface area contributed by atoms with Crippen LogP contribution in [0.4, 0.5) is 57.1 Å². The van der Waals surface area contributed by atoms with E-state index in [0.29, 0.717) is 6.42 Å². The first-order valence-corrected chi connectivity index (χ1v) is 9.02. The van der Waals surface area contributed by atoms with Crippen molar-refractivity contribution in [2.75, 3.05) is 6.54 Å². The van der Waals surface area contributed by atoms with Gasteiger partial charge in [-0.05, 0) is 6.42 Å². The van der Waals surface area contributed by atoms with Crippen LogP contribution < -0.4 is 5.32 Å². The van der Waals surface area contributed by atoms with E-state index in [-0.39, 0.29) is 6.54 Å². The number of hydrogen-bond acceptors (Lipinski definition) is 1. The zero-order valence-electron chi connectivity index (χ0n) is 16.4. The molecule has 0 saturated carbocycles. The Morgan fingerprint density at radius 3 is 1.06 bits per heavy atom. The Balaban J connectivity index is 0.000000420. The van der Waals surface area contributed by atoms with E-state index in [1.807, 2.05) is 6.92 Å². The highest BCUT2D eigenvalue weighted by Gasteiger charge is 2.34. The van der Waals surface area contributed by atoms with Gasteiger partial charge in [0.05, 0.1) is 11.1 Å². The predicted octanol–water partition coefficient (Wildman–Crippen LogP) is 7.42. The molecule has 2 aromatic rings. The number of benzene rings is 2. The van der Waals surface area contributed by atoms with E-state index in [4.69, 9.17) is 0 Å². The van der Waals surface area contributed by atoms with Crippen LogP contribution >= 0.6 is 0 Å². The number of rotatable bonds is 6. The molecule has 186 valence electrons. The van der Waals surface area contributed by atoms with E-state index in [1.54, 1.807) is 0 Å². The van der Waals surface area contributed by atoms with E-state index >= 15 is 0 Å². The molecule has 0 spiro atoms. The van der Waals surface area contributed by atoms with Crippen molar-refractivity contribution in [1.82, 2.24) is 5.32 Å². The fraction of sp³-hybridized carbons (Fsp3) is 0.368. The normalized spacial score (nSPS) is 11.5. The molecule has 0 aliphatic carbocycles.